The Hall–Kier alpha value is -1.84. The number of aliphatic carboxylic acids is 1. The third-order valence-corrected chi connectivity index (χ3v) is 1.79. The Kier molecular flexibility index (Phi) is 3.85. The molecule has 0 aliphatic rings. The quantitative estimate of drug-likeness (QED) is 0.829. The molecule has 3 nitrogen and oxygen atoms in total. The monoisotopic (exact) mass is 210 g/mol. The Morgan fingerprint density at radius 3 is 2.93 bits per heavy atom. The minimum absolute atomic E-state index is 0.0976. The fourth-order valence-corrected chi connectivity index (χ4v) is 1.16. The number of benzene rings is 1. The second kappa shape index (κ2) is 5.14. The third-order valence-electron chi connectivity index (χ3n) is 1.79. The fraction of sp³-hybridized carbons (Fsp3) is 0.182. The second-order valence-electron chi connectivity index (χ2n) is 2.86. The van der Waals surface area contributed by atoms with E-state index in [0.29, 0.717) is 5.56 Å². The van der Waals surface area contributed by atoms with Gasteiger partial charge in [0.15, 0.2) is 11.6 Å². The van der Waals surface area contributed by atoms with Crippen LogP contribution < -0.4 is 4.74 Å². The van der Waals surface area contributed by atoms with Crippen molar-refractivity contribution in [2.75, 3.05) is 7.11 Å². The first kappa shape index (κ1) is 11.2. The SMILES string of the molecule is COc1c(F)cccc1/C=C/CC(=O)O. The summed E-state index contributed by atoms with van der Waals surface area (Å²) in [5.74, 6) is -1.27. The van der Waals surface area contributed by atoms with E-state index in [0.717, 1.165) is 0 Å². The van der Waals surface area contributed by atoms with E-state index in [4.69, 9.17) is 9.84 Å². The van der Waals surface area contributed by atoms with E-state index in [1.807, 2.05) is 0 Å². The molecule has 0 aliphatic carbocycles. The van der Waals surface area contributed by atoms with Crippen molar-refractivity contribution in [1.82, 2.24) is 0 Å². The van der Waals surface area contributed by atoms with Gasteiger partial charge in [0.2, 0.25) is 0 Å². The summed E-state index contributed by atoms with van der Waals surface area (Å²) in [6, 6.07) is 4.48. The van der Waals surface area contributed by atoms with Crippen LogP contribution in [0.3, 0.4) is 0 Å². The topological polar surface area (TPSA) is 46.5 Å². The van der Waals surface area contributed by atoms with Crippen LogP contribution in [0, 0.1) is 5.82 Å². The molecule has 15 heavy (non-hydrogen) atoms. The summed E-state index contributed by atoms with van der Waals surface area (Å²) in [4.78, 5) is 10.3. The molecular weight excluding hydrogens is 199 g/mol. The molecule has 4 heteroatoms. The Morgan fingerprint density at radius 2 is 2.33 bits per heavy atom. The standard InChI is InChI=1S/C11H11FO3/c1-15-11-8(4-2-6-9(11)12)5-3-7-10(13)14/h2-6H,7H2,1H3,(H,13,14)/b5-3+. The Labute approximate surface area is 86.8 Å². The van der Waals surface area contributed by atoms with Crippen LogP contribution in [0.2, 0.25) is 0 Å². The van der Waals surface area contributed by atoms with Gasteiger partial charge in [-0.2, -0.15) is 0 Å². The van der Waals surface area contributed by atoms with E-state index >= 15 is 0 Å². The number of hydrogen-bond acceptors (Lipinski definition) is 2. The average molecular weight is 210 g/mol. The Morgan fingerprint density at radius 1 is 1.60 bits per heavy atom. The van der Waals surface area contributed by atoms with Crippen molar-refractivity contribution in [2.45, 2.75) is 6.42 Å². The molecule has 1 N–H and O–H groups in total. The minimum atomic E-state index is -0.929. The van der Waals surface area contributed by atoms with Crippen LogP contribution in [-0.4, -0.2) is 18.2 Å². The first-order valence-corrected chi connectivity index (χ1v) is 4.36. The van der Waals surface area contributed by atoms with Gasteiger partial charge < -0.3 is 9.84 Å². The predicted octanol–water partition coefficient (Wildman–Crippen LogP) is 2.32. The third kappa shape index (κ3) is 3.09. The maximum atomic E-state index is 13.2. The summed E-state index contributed by atoms with van der Waals surface area (Å²) >= 11 is 0. The van der Waals surface area contributed by atoms with Crippen molar-refractivity contribution in [3.05, 3.63) is 35.7 Å². The lowest BCUT2D eigenvalue weighted by atomic mass is 10.1. The number of carbonyl (C=O) groups is 1. The van der Waals surface area contributed by atoms with Crippen LogP contribution >= 0.6 is 0 Å². The molecule has 1 aromatic carbocycles. The van der Waals surface area contributed by atoms with Gasteiger partial charge in [0.05, 0.1) is 13.5 Å². The second-order valence-corrected chi connectivity index (χ2v) is 2.86. The molecule has 0 fully saturated rings. The molecule has 0 saturated carbocycles. The lowest BCUT2D eigenvalue weighted by Crippen LogP contribution is -1.92. The smallest absolute Gasteiger partial charge is 0.307 e. The molecule has 0 bridgehead atoms. The van der Waals surface area contributed by atoms with Gasteiger partial charge in [0.1, 0.15) is 0 Å². The van der Waals surface area contributed by atoms with Crippen LogP contribution in [0.4, 0.5) is 4.39 Å². The lowest BCUT2D eigenvalue weighted by Gasteiger charge is -2.04. The summed E-state index contributed by atoms with van der Waals surface area (Å²) in [5, 5.41) is 8.42. The van der Waals surface area contributed by atoms with Crippen molar-refractivity contribution >= 4 is 12.0 Å². The number of halogens is 1. The molecule has 0 aliphatic heterocycles. The molecule has 80 valence electrons. The summed E-state index contributed by atoms with van der Waals surface area (Å²) in [6.45, 7) is 0. The molecule has 0 saturated heterocycles. The maximum Gasteiger partial charge on any atom is 0.307 e. The van der Waals surface area contributed by atoms with Gasteiger partial charge in [0, 0.05) is 5.56 Å². The molecule has 0 unspecified atom stereocenters. The summed E-state index contributed by atoms with van der Waals surface area (Å²) in [5.41, 5.74) is 0.527. The van der Waals surface area contributed by atoms with Gasteiger partial charge >= 0.3 is 5.97 Å². The number of carboxylic acid groups (broad SMARTS) is 1. The van der Waals surface area contributed by atoms with Crippen molar-refractivity contribution < 1.29 is 19.0 Å². The Balaban J connectivity index is 2.89. The highest BCUT2D eigenvalue weighted by Crippen LogP contribution is 2.23. The van der Waals surface area contributed by atoms with Gasteiger partial charge in [0.25, 0.3) is 0 Å². The van der Waals surface area contributed by atoms with Gasteiger partial charge in [-0.1, -0.05) is 24.3 Å². The van der Waals surface area contributed by atoms with Crippen LogP contribution in [0.25, 0.3) is 6.08 Å². The number of carboxylic acids is 1. The number of ether oxygens (including phenoxy) is 1. The summed E-state index contributed by atoms with van der Waals surface area (Å²) in [6.07, 6.45) is 2.87. The van der Waals surface area contributed by atoms with Crippen LogP contribution in [0.15, 0.2) is 24.3 Å². The molecule has 0 atom stereocenters. The maximum absolute atomic E-state index is 13.2. The first-order chi connectivity index (χ1) is 7.15. The zero-order valence-corrected chi connectivity index (χ0v) is 8.24. The summed E-state index contributed by atoms with van der Waals surface area (Å²) < 4.78 is 18.0. The minimum Gasteiger partial charge on any atom is -0.493 e. The van der Waals surface area contributed by atoms with E-state index in [2.05, 4.69) is 0 Å². The van der Waals surface area contributed by atoms with Gasteiger partial charge in [-0.05, 0) is 6.07 Å². The van der Waals surface area contributed by atoms with E-state index in [1.165, 1.54) is 31.4 Å². The van der Waals surface area contributed by atoms with Crippen molar-refractivity contribution in [3.63, 3.8) is 0 Å². The normalized spacial score (nSPS) is 10.5. The number of para-hydroxylation sites is 1. The molecule has 0 amide bonds. The largest absolute Gasteiger partial charge is 0.493 e. The van der Waals surface area contributed by atoms with Gasteiger partial charge in [-0.3, -0.25) is 4.79 Å². The molecule has 1 rings (SSSR count). The highest BCUT2D eigenvalue weighted by Gasteiger charge is 2.05. The van der Waals surface area contributed by atoms with Crippen LogP contribution in [-0.2, 0) is 4.79 Å². The lowest BCUT2D eigenvalue weighted by molar-refractivity contribution is -0.135. The highest BCUT2D eigenvalue weighted by molar-refractivity contribution is 5.71. The number of methoxy groups -OCH3 is 1. The molecule has 0 radical (unpaired) electrons. The predicted molar refractivity (Wildman–Crippen MR) is 54.2 cm³/mol. The summed E-state index contributed by atoms with van der Waals surface area (Å²) in [7, 11) is 1.37. The van der Waals surface area contributed by atoms with E-state index < -0.39 is 11.8 Å². The van der Waals surface area contributed by atoms with E-state index in [9.17, 15) is 9.18 Å². The average Bonchev–Trinajstić information content (AvgIpc) is 2.17. The number of hydrogen-bond donors (Lipinski definition) is 1. The molecule has 1 aromatic rings. The molecule has 0 heterocycles. The first-order valence-electron chi connectivity index (χ1n) is 4.36. The van der Waals surface area contributed by atoms with Crippen molar-refractivity contribution in [1.29, 1.82) is 0 Å². The van der Waals surface area contributed by atoms with Gasteiger partial charge in [-0.15, -0.1) is 0 Å². The van der Waals surface area contributed by atoms with Gasteiger partial charge in [-0.25, -0.2) is 4.39 Å². The molecule has 0 spiro atoms. The zero-order chi connectivity index (χ0) is 11.3. The zero-order valence-electron chi connectivity index (χ0n) is 8.24. The highest BCUT2D eigenvalue weighted by atomic mass is 19.1. The molecule has 0 aromatic heterocycles. The fourth-order valence-electron chi connectivity index (χ4n) is 1.16. The van der Waals surface area contributed by atoms with Crippen molar-refractivity contribution in [2.24, 2.45) is 0 Å². The number of rotatable bonds is 4. The van der Waals surface area contributed by atoms with E-state index in [-0.39, 0.29) is 12.2 Å². The van der Waals surface area contributed by atoms with Crippen LogP contribution in [0.5, 0.6) is 5.75 Å². The van der Waals surface area contributed by atoms with Crippen molar-refractivity contribution in [3.8, 4) is 5.75 Å². The molecular formula is C11H11FO3. The van der Waals surface area contributed by atoms with Crippen LogP contribution in [0.1, 0.15) is 12.0 Å². The van der Waals surface area contributed by atoms with E-state index in [1.54, 1.807) is 6.07 Å². The Bertz CT molecular complexity index is 385.